The monoisotopic (exact) mass is 221 g/mol. The van der Waals surface area contributed by atoms with Gasteiger partial charge in [0.25, 0.3) is 0 Å². The molecule has 2 nitrogen and oxygen atoms in total. The molecule has 0 spiro atoms. The van der Waals surface area contributed by atoms with E-state index in [2.05, 4.69) is 56.4 Å². The highest BCUT2D eigenvalue weighted by molar-refractivity contribution is 5.23. The predicted molar refractivity (Wildman–Crippen MR) is 68.8 cm³/mol. The molecule has 1 N–H and O–H groups in total. The van der Waals surface area contributed by atoms with E-state index < -0.39 is 0 Å². The average molecular weight is 221 g/mol. The van der Waals surface area contributed by atoms with Crippen LogP contribution < -0.4 is 5.32 Å². The molecule has 0 aliphatic heterocycles. The molecule has 1 rings (SSSR count). The highest BCUT2D eigenvalue weighted by atomic mass is 16.5. The number of benzene rings is 1. The first-order chi connectivity index (χ1) is 7.56. The summed E-state index contributed by atoms with van der Waals surface area (Å²) in [7, 11) is 1.74. The molecule has 0 aliphatic rings. The zero-order chi connectivity index (χ0) is 12.0. The summed E-state index contributed by atoms with van der Waals surface area (Å²) in [5, 5.41) is 3.45. The maximum Gasteiger partial charge on any atom is 0.0667 e. The second-order valence-electron chi connectivity index (χ2n) is 4.93. The molecular weight excluding hydrogens is 198 g/mol. The van der Waals surface area contributed by atoms with Crippen LogP contribution in [-0.2, 0) is 10.2 Å². The first-order valence-electron chi connectivity index (χ1n) is 5.85. The maximum atomic E-state index is 5.21. The molecule has 1 atom stereocenters. The Balaban J connectivity index is 2.46. The lowest BCUT2D eigenvalue weighted by molar-refractivity contribution is 0.116. The van der Waals surface area contributed by atoms with Crippen LogP contribution in [0.15, 0.2) is 30.3 Å². The fourth-order valence-corrected chi connectivity index (χ4v) is 1.66. The van der Waals surface area contributed by atoms with Crippen molar-refractivity contribution >= 4 is 0 Å². The number of nitrogens with one attached hydrogen (secondary N) is 1. The van der Waals surface area contributed by atoms with Crippen molar-refractivity contribution in [3.05, 3.63) is 35.9 Å². The standard InChI is InChI=1S/C14H23NO/c1-12(16-4)10-15-11-14(2,3)13-8-6-5-7-9-13/h5-9,12,15H,10-11H2,1-4H3. The Labute approximate surface area is 99.0 Å². The van der Waals surface area contributed by atoms with Gasteiger partial charge in [-0.3, -0.25) is 0 Å². The third-order valence-electron chi connectivity index (χ3n) is 2.96. The summed E-state index contributed by atoms with van der Waals surface area (Å²) in [6.45, 7) is 8.44. The molecule has 1 unspecified atom stereocenters. The smallest absolute Gasteiger partial charge is 0.0667 e. The molecular formula is C14H23NO. The topological polar surface area (TPSA) is 21.3 Å². The Morgan fingerprint density at radius 1 is 1.25 bits per heavy atom. The fourth-order valence-electron chi connectivity index (χ4n) is 1.66. The molecule has 16 heavy (non-hydrogen) atoms. The number of rotatable bonds is 6. The van der Waals surface area contributed by atoms with Gasteiger partial charge in [0.1, 0.15) is 0 Å². The molecule has 0 amide bonds. The van der Waals surface area contributed by atoms with Crippen LogP contribution >= 0.6 is 0 Å². The van der Waals surface area contributed by atoms with E-state index in [0.29, 0.717) is 0 Å². The van der Waals surface area contributed by atoms with Crippen molar-refractivity contribution in [3.8, 4) is 0 Å². The molecule has 0 saturated heterocycles. The lowest BCUT2D eigenvalue weighted by Gasteiger charge is -2.26. The second-order valence-corrected chi connectivity index (χ2v) is 4.93. The minimum Gasteiger partial charge on any atom is -0.380 e. The largest absolute Gasteiger partial charge is 0.380 e. The molecule has 0 bridgehead atoms. The third-order valence-corrected chi connectivity index (χ3v) is 2.96. The summed E-state index contributed by atoms with van der Waals surface area (Å²) < 4.78 is 5.21. The van der Waals surface area contributed by atoms with Crippen LogP contribution in [0, 0.1) is 0 Å². The summed E-state index contributed by atoms with van der Waals surface area (Å²) in [6, 6.07) is 10.6. The summed E-state index contributed by atoms with van der Waals surface area (Å²) in [5.74, 6) is 0. The predicted octanol–water partition coefficient (Wildman–Crippen LogP) is 2.59. The van der Waals surface area contributed by atoms with E-state index >= 15 is 0 Å². The number of methoxy groups -OCH3 is 1. The van der Waals surface area contributed by atoms with Gasteiger partial charge in [-0.05, 0) is 12.5 Å². The first kappa shape index (κ1) is 13.2. The van der Waals surface area contributed by atoms with Gasteiger partial charge < -0.3 is 10.1 Å². The van der Waals surface area contributed by atoms with E-state index in [1.807, 2.05) is 0 Å². The van der Waals surface area contributed by atoms with E-state index in [9.17, 15) is 0 Å². The minimum absolute atomic E-state index is 0.161. The molecule has 1 aromatic rings. The summed E-state index contributed by atoms with van der Waals surface area (Å²) in [5.41, 5.74) is 1.53. The molecule has 0 heterocycles. The summed E-state index contributed by atoms with van der Waals surface area (Å²) in [6.07, 6.45) is 0.270. The van der Waals surface area contributed by atoms with Crippen LogP contribution in [0.5, 0.6) is 0 Å². The van der Waals surface area contributed by atoms with Crippen LogP contribution in [0.1, 0.15) is 26.3 Å². The Hall–Kier alpha value is -0.860. The van der Waals surface area contributed by atoms with Crippen molar-refractivity contribution in [1.29, 1.82) is 0 Å². The molecule has 90 valence electrons. The van der Waals surface area contributed by atoms with Gasteiger partial charge in [-0.2, -0.15) is 0 Å². The first-order valence-corrected chi connectivity index (χ1v) is 5.85. The van der Waals surface area contributed by atoms with Gasteiger partial charge in [-0.15, -0.1) is 0 Å². The van der Waals surface area contributed by atoms with Crippen molar-refractivity contribution in [2.75, 3.05) is 20.2 Å². The van der Waals surface area contributed by atoms with Crippen LogP contribution in [0.4, 0.5) is 0 Å². The van der Waals surface area contributed by atoms with Crippen molar-refractivity contribution in [2.24, 2.45) is 0 Å². The van der Waals surface area contributed by atoms with Gasteiger partial charge >= 0.3 is 0 Å². The van der Waals surface area contributed by atoms with Gasteiger partial charge in [-0.25, -0.2) is 0 Å². The Bertz CT molecular complexity index is 295. The van der Waals surface area contributed by atoms with Gasteiger partial charge in [0, 0.05) is 25.6 Å². The third kappa shape index (κ3) is 3.95. The minimum atomic E-state index is 0.161. The summed E-state index contributed by atoms with van der Waals surface area (Å²) >= 11 is 0. The molecule has 0 fully saturated rings. The van der Waals surface area contributed by atoms with Crippen molar-refractivity contribution in [3.63, 3.8) is 0 Å². The maximum absolute atomic E-state index is 5.21. The second kappa shape index (κ2) is 6.02. The Morgan fingerprint density at radius 2 is 1.88 bits per heavy atom. The van der Waals surface area contributed by atoms with Crippen LogP contribution in [-0.4, -0.2) is 26.3 Å². The SMILES string of the molecule is COC(C)CNCC(C)(C)c1ccccc1. The van der Waals surface area contributed by atoms with Crippen molar-refractivity contribution < 1.29 is 4.74 Å². The van der Waals surface area contributed by atoms with Crippen LogP contribution in [0.3, 0.4) is 0 Å². The molecule has 0 saturated carbocycles. The highest BCUT2D eigenvalue weighted by Crippen LogP contribution is 2.21. The molecule has 0 aromatic heterocycles. The zero-order valence-electron chi connectivity index (χ0n) is 10.8. The molecule has 1 aromatic carbocycles. The van der Waals surface area contributed by atoms with Gasteiger partial charge in [0.05, 0.1) is 6.10 Å². The van der Waals surface area contributed by atoms with Gasteiger partial charge in [-0.1, -0.05) is 44.2 Å². The Kier molecular flexibility index (Phi) is 4.97. The molecule has 0 radical (unpaired) electrons. The average Bonchev–Trinajstić information content (AvgIpc) is 2.30. The summed E-state index contributed by atoms with van der Waals surface area (Å²) in [4.78, 5) is 0. The van der Waals surface area contributed by atoms with Crippen molar-refractivity contribution in [1.82, 2.24) is 5.32 Å². The fraction of sp³-hybridized carbons (Fsp3) is 0.571. The van der Waals surface area contributed by atoms with E-state index in [1.54, 1.807) is 7.11 Å². The van der Waals surface area contributed by atoms with E-state index in [1.165, 1.54) is 5.56 Å². The lowest BCUT2D eigenvalue weighted by atomic mass is 9.84. The van der Waals surface area contributed by atoms with Crippen LogP contribution in [0.25, 0.3) is 0 Å². The highest BCUT2D eigenvalue weighted by Gasteiger charge is 2.19. The van der Waals surface area contributed by atoms with Gasteiger partial charge in [0.15, 0.2) is 0 Å². The normalized spacial score (nSPS) is 13.8. The van der Waals surface area contributed by atoms with Gasteiger partial charge in [0.2, 0.25) is 0 Å². The van der Waals surface area contributed by atoms with E-state index in [4.69, 9.17) is 4.74 Å². The van der Waals surface area contributed by atoms with E-state index in [0.717, 1.165) is 13.1 Å². The van der Waals surface area contributed by atoms with E-state index in [-0.39, 0.29) is 11.5 Å². The zero-order valence-corrected chi connectivity index (χ0v) is 10.8. The van der Waals surface area contributed by atoms with Crippen molar-refractivity contribution in [2.45, 2.75) is 32.3 Å². The number of hydrogen-bond donors (Lipinski definition) is 1. The number of hydrogen-bond acceptors (Lipinski definition) is 2. The Morgan fingerprint density at radius 3 is 2.44 bits per heavy atom. The number of ether oxygens (including phenoxy) is 1. The van der Waals surface area contributed by atoms with Crippen LogP contribution in [0.2, 0.25) is 0 Å². The lowest BCUT2D eigenvalue weighted by Crippen LogP contribution is -2.36. The quantitative estimate of drug-likeness (QED) is 0.797. The molecule has 2 heteroatoms. The molecule has 0 aliphatic carbocycles.